The molecular weight excluding hydrogens is 346 g/mol. The van der Waals surface area contributed by atoms with Crippen LogP contribution in [-0.2, 0) is 9.53 Å². The molecular formula is C16H21N3O5S. The number of aliphatic carboxylic acids is 1. The van der Waals surface area contributed by atoms with Crippen molar-refractivity contribution in [3.63, 3.8) is 0 Å². The Morgan fingerprint density at radius 2 is 2.12 bits per heavy atom. The van der Waals surface area contributed by atoms with Crippen LogP contribution in [-0.4, -0.2) is 66.7 Å². The molecule has 0 radical (unpaired) electrons. The summed E-state index contributed by atoms with van der Waals surface area (Å²) in [6.07, 6.45) is -1.43. The average Bonchev–Trinajstić information content (AvgIpc) is 3.14. The maximum Gasteiger partial charge on any atom is 0.320 e. The number of hydrogen-bond acceptors (Lipinski definition) is 7. The van der Waals surface area contributed by atoms with E-state index in [9.17, 15) is 15.0 Å². The van der Waals surface area contributed by atoms with Crippen molar-refractivity contribution in [2.24, 2.45) is 5.73 Å². The van der Waals surface area contributed by atoms with E-state index in [1.54, 1.807) is 10.9 Å². The van der Waals surface area contributed by atoms with E-state index in [2.05, 4.69) is 4.98 Å². The van der Waals surface area contributed by atoms with Gasteiger partial charge in [-0.3, -0.25) is 4.79 Å². The lowest BCUT2D eigenvalue weighted by molar-refractivity contribution is -0.138. The van der Waals surface area contributed by atoms with E-state index in [1.807, 2.05) is 24.3 Å². The lowest BCUT2D eigenvalue weighted by Crippen LogP contribution is -2.33. The summed E-state index contributed by atoms with van der Waals surface area (Å²) in [5.41, 5.74) is 7.06. The van der Waals surface area contributed by atoms with Gasteiger partial charge in [-0.25, -0.2) is 4.98 Å². The maximum atomic E-state index is 10.7. The number of nitrogens with two attached hydrogens (primary N) is 1. The zero-order valence-electron chi connectivity index (χ0n) is 13.4. The summed E-state index contributed by atoms with van der Waals surface area (Å²) in [7, 11) is 0. The molecule has 0 aliphatic carbocycles. The van der Waals surface area contributed by atoms with E-state index in [4.69, 9.17) is 15.6 Å². The molecule has 3 rings (SSSR count). The largest absolute Gasteiger partial charge is 0.480 e. The normalized spacial score (nSPS) is 27.6. The number of imidazole rings is 1. The molecule has 0 bridgehead atoms. The third-order valence-corrected chi connectivity index (χ3v) is 5.35. The van der Waals surface area contributed by atoms with Gasteiger partial charge >= 0.3 is 5.97 Å². The number of carbonyl (C=O) groups is 1. The molecule has 5 atom stereocenters. The van der Waals surface area contributed by atoms with Crippen LogP contribution in [0.1, 0.15) is 12.6 Å². The van der Waals surface area contributed by atoms with Gasteiger partial charge in [0.05, 0.1) is 23.5 Å². The molecule has 1 fully saturated rings. The number of carboxylic acids is 1. The van der Waals surface area contributed by atoms with Crippen molar-refractivity contribution in [2.45, 2.75) is 37.0 Å². The number of benzene rings is 1. The molecule has 1 aromatic carbocycles. The highest BCUT2D eigenvalue weighted by Crippen LogP contribution is 2.33. The zero-order chi connectivity index (χ0) is 18.0. The van der Waals surface area contributed by atoms with Crippen molar-refractivity contribution < 1.29 is 24.9 Å². The van der Waals surface area contributed by atoms with Crippen LogP contribution in [0.4, 0.5) is 0 Å². The fourth-order valence-corrected chi connectivity index (χ4v) is 3.91. The zero-order valence-corrected chi connectivity index (χ0v) is 14.2. The lowest BCUT2D eigenvalue weighted by Gasteiger charge is -2.17. The molecule has 0 spiro atoms. The van der Waals surface area contributed by atoms with Crippen molar-refractivity contribution in [3.8, 4) is 0 Å². The van der Waals surface area contributed by atoms with Crippen LogP contribution in [0, 0.1) is 0 Å². The van der Waals surface area contributed by atoms with Crippen LogP contribution in [0.15, 0.2) is 30.6 Å². The van der Waals surface area contributed by atoms with E-state index in [0.717, 1.165) is 11.0 Å². The number of carboxylic acid groups (broad SMARTS) is 1. The molecule has 2 heterocycles. The fourth-order valence-electron chi connectivity index (χ4n) is 2.81. The van der Waals surface area contributed by atoms with Gasteiger partial charge in [0.15, 0.2) is 6.23 Å². The second kappa shape index (κ2) is 7.71. The Morgan fingerprint density at radius 1 is 1.36 bits per heavy atom. The van der Waals surface area contributed by atoms with Crippen LogP contribution >= 0.6 is 11.8 Å². The molecule has 8 nitrogen and oxygen atoms in total. The van der Waals surface area contributed by atoms with Crippen molar-refractivity contribution in [1.29, 1.82) is 0 Å². The van der Waals surface area contributed by atoms with Gasteiger partial charge in [0.2, 0.25) is 0 Å². The first kappa shape index (κ1) is 18.2. The van der Waals surface area contributed by atoms with Gasteiger partial charge in [-0.05, 0) is 24.3 Å². The van der Waals surface area contributed by atoms with E-state index >= 15 is 0 Å². The number of ether oxygens (including phenoxy) is 1. The number of aliphatic hydroxyl groups is 2. The first-order chi connectivity index (χ1) is 12.0. The number of hydrogen-bond donors (Lipinski definition) is 4. The number of thioether (sulfide) groups is 1. The van der Waals surface area contributed by atoms with Crippen LogP contribution in [0.2, 0.25) is 0 Å². The molecule has 1 aliphatic rings. The number of para-hydroxylation sites is 2. The van der Waals surface area contributed by atoms with Crippen molar-refractivity contribution in [3.05, 3.63) is 30.6 Å². The predicted molar refractivity (Wildman–Crippen MR) is 93.2 cm³/mol. The summed E-state index contributed by atoms with van der Waals surface area (Å²) in [5.74, 6) is -0.0529. The first-order valence-corrected chi connectivity index (χ1v) is 9.14. The minimum absolute atomic E-state index is 0.334. The fraction of sp³-hybridized carbons (Fsp3) is 0.500. The molecule has 1 saturated heterocycles. The van der Waals surface area contributed by atoms with Gasteiger partial charge in [-0.15, -0.1) is 0 Å². The van der Waals surface area contributed by atoms with Gasteiger partial charge in [0.25, 0.3) is 0 Å². The molecule has 1 aromatic heterocycles. The smallest absolute Gasteiger partial charge is 0.320 e. The summed E-state index contributed by atoms with van der Waals surface area (Å²) >= 11 is 1.44. The molecule has 2 aromatic rings. The molecule has 0 amide bonds. The molecule has 1 unspecified atom stereocenters. The molecule has 9 heteroatoms. The Labute approximate surface area is 148 Å². The van der Waals surface area contributed by atoms with E-state index in [-0.39, 0.29) is 0 Å². The Kier molecular flexibility index (Phi) is 5.60. The molecule has 136 valence electrons. The Balaban J connectivity index is 1.60. The minimum Gasteiger partial charge on any atom is -0.480 e. The van der Waals surface area contributed by atoms with E-state index < -0.39 is 36.6 Å². The molecule has 0 saturated carbocycles. The summed E-state index contributed by atoms with van der Waals surface area (Å²) in [6.45, 7) is 0. The molecule has 5 N–H and O–H groups in total. The Hall–Kier alpha value is -1.65. The van der Waals surface area contributed by atoms with Crippen molar-refractivity contribution >= 4 is 28.8 Å². The summed E-state index contributed by atoms with van der Waals surface area (Å²) in [6, 6.07) is 6.60. The van der Waals surface area contributed by atoms with Gasteiger partial charge in [-0.2, -0.15) is 11.8 Å². The number of rotatable bonds is 7. The van der Waals surface area contributed by atoms with Crippen LogP contribution in [0.25, 0.3) is 11.0 Å². The third kappa shape index (κ3) is 3.80. The third-order valence-electron chi connectivity index (χ3n) is 4.27. The summed E-state index contributed by atoms with van der Waals surface area (Å²) in [4.78, 5) is 15.0. The molecule has 1 aliphatic heterocycles. The summed E-state index contributed by atoms with van der Waals surface area (Å²) in [5, 5.41) is 29.4. The summed E-state index contributed by atoms with van der Waals surface area (Å²) < 4.78 is 7.56. The minimum atomic E-state index is -1.07. The number of nitrogens with zero attached hydrogens (tertiary/aromatic N) is 2. The first-order valence-electron chi connectivity index (χ1n) is 7.98. The monoisotopic (exact) mass is 367 g/mol. The van der Waals surface area contributed by atoms with E-state index in [0.29, 0.717) is 17.9 Å². The number of fused-ring (bicyclic) bond motifs is 1. The maximum absolute atomic E-state index is 10.7. The highest BCUT2D eigenvalue weighted by Gasteiger charge is 2.43. The topological polar surface area (TPSA) is 131 Å². The SMILES string of the molecule is NC(CCSC[C@H]1O[C@@H](n2cnc3ccccc32)[C@H](O)[C@@H]1O)C(=O)O. The average molecular weight is 367 g/mol. The van der Waals surface area contributed by atoms with Gasteiger partial charge in [0.1, 0.15) is 18.2 Å². The van der Waals surface area contributed by atoms with Crippen LogP contribution < -0.4 is 5.73 Å². The number of aliphatic hydroxyl groups excluding tert-OH is 2. The lowest BCUT2D eigenvalue weighted by atomic mass is 10.1. The highest BCUT2D eigenvalue weighted by molar-refractivity contribution is 7.99. The Morgan fingerprint density at radius 3 is 2.88 bits per heavy atom. The van der Waals surface area contributed by atoms with Gasteiger partial charge < -0.3 is 30.4 Å². The number of aromatic nitrogens is 2. The van der Waals surface area contributed by atoms with Gasteiger partial charge in [-0.1, -0.05) is 12.1 Å². The van der Waals surface area contributed by atoms with Crippen LogP contribution in [0.3, 0.4) is 0 Å². The standard InChI is InChI=1S/C16H21N3O5S/c17-9(16(22)23)5-6-25-7-12-13(20)14(21)15(24-12)19-8-18-10-3-1-2-4-11(10)19/h1-4,8-9,12-15,20-21H,5-7,17H2,(H,22,23)/t9?,12-,13-,14-,15-/m1/s1. The quantitative estimate of drug-likeness (QED) is 0.510. The Bertz CT molecular complexity index is 739. The van der Waals surface area contributed by atoms with E-state index in [1.165, 1.54) is 11.8 Å². The second-order valence-electron chi connectivity index (χ2n) is 6.00. The predicted octanol–water partition coefficient (Wildman–Crippen LogP) is 0.191. The molecule has 25 heavy (non-hydrogen) atoms. The van der Waals surface area contributed by atoms with Crippen molar-refractivity contribution in [1.82, 2.24) is 9.55 Å². The highest BCUT2D eigenvalue weighted by atomic mass is 32.2. The van der Waals surface area contributed by atoms with Crippen LogP contribution in [0.5, 0.6) is 0 Å². The van der Waals surface area contributed by atoms with Gasteiger partial charge in [0, 0.05) is 5.75 Å². The van der Waals surface area contributed by atoms with Crippen molar-refractivity contribution in [2.75, 3.05) is 11.5 Å². The second-order valence-corrected chi connectivity index (χ2v) is 7.14.